The van der Waals surface area contributed by atoms with Crippen LogP contribution in [0.1, 0.15) is 5.56 Å². The molecule has 0 bridgehead atoms. The van der Waals surface area contributed by atoms with Crippen molar-refractivity contribution in [1.29, 1.82) is 0 Å². The molecule has 3 aromatic rings. The van der Waals surface area contributed by atoms with Crippen molar-refractivity contribution >= 4 is 44.9 Å². The Morgan fingerprint density at radius 2 is 1.74 bits per heavy atom. The van der Waals surface area contributed by atoms with E-state index in [4.69, 9.17) is 14.2 Å². The number of aromatic nitrogens is 3. The highest BCUT2D eigenvalue weighted by molar-refractivity contribution is 7.99. The molecule has 1 aromatic carbocycles. The maximum atomic E-state index is 12.9. The number of hydrogen-bond donors (Lipinski definition) is 1. The van der Waals surface area contributed by atoms with E-state index >= 15 is 0 Å². The van der Waals surface area contributed by atoms with Gasteiger partial charge in [-0.2, -0.15) is 11.8 Å². The second-order valence-corrected chi connectivity index (χ2v) is 10.5. The minimum Gasteiger partial charge on any atom is -0.496 e. The fourth-order valence-corrected chi connectivity index (χ4v) is 5.55. The number of methoxy groups -OCH3 is 3. The molecule has 3 heterocycles. The first kappa shape index (κ1) is 24.8. The molecule has 35 heavy (non-hydrogen) atoms. The lowest BCUT2D eigenvalue weighted by atomic mass is 10.1. The summed E-state index contributed by atoms with van der Waals surface area (Å²) in [6.45, 7) is 1.53. The van der Waals surface area contributed by atoms with Gasteiger partial charge in [-0.3, -0.25) is 9.52 Å². The Morgan fingerprint density at radius 3 is 2.34 bits per heavy atom. The summed E-state index contributed by atoms with van der Waals surface area (Å²) in [7, 11) is 2.15. The maximum Gasteiger partial charge on any atom is 0.292 e. The van der Waals surface area contributed by atoms with E-state index in [2.05, 4.69) is 9.71 Å². The quantitative estimate of drug-likeness (QED) is 0.475. The Balaban J connectivity index is 1.63. The van der Waals surface area contributed by atoms with Crippen LogP contribution in [0, 0.1) is 0 Å². The van der Waals surface area contributed by atoms with Crippen molar-refractivity contribution < 1.29 is 22.6 Å². The predicted octanol–water partition coefficient (Wildman–Crippen LogP) is 2.02. The monoisotopic (exact) mass is 521 g/mol. The van der Waals surface area contributed by atoms with Gasteiger partial charge in [0.2, 0.25) is 0 Å². The van der Waals surface area contributed by atoms with Gasteiger partial charge in [0.1, 0.15) is 22.9 Å². The molecule has 0 aliphatic carbocycles. The predicted molar refractivity (Wildman–Crippen MR) is 138 cm³/mol. The zero-order valence-corrected chi connectivity index (χ0v) is 21.5. The van der Waals surface area contributed by atoms with Gasteiger partial charge in [-0.25, -0.2) is 22.6 Å². The Hall–Kier alpha value is -3.32. The van der Waals surface area contributed by atoms with Crippen LogP contribution < -0.4 is 29.4 Å². The molecule has 1 saturated heterocycles. The highest BCUT2D eigenvalue weighted by atomic mass is 32.2. The van der Waals surface area contributed by atoms with Crippen LogP contribution in [0.2, 0.25) is 0 Å². The summed E-state index contributed by atoms with van der Waals surface area (Å²) >= 11 is 1.85. The number of benzene rings is 1. The van der Waals surface area contributed by atoms with E-state index in [1.165, 1.54) is 44.5 Å². The van der Waals surface area contributed by atoms with E-state index in [9.17, 15) is 13.2 Å². The normalized spacial score (nSPS) is 14.5. The van der Waals surface area contributed by atoms with Crippen molar-refractivity contribution in [3.05, 3.63) is 45.9 Å². The molecular weight excluding hydrogens is 494 g/mol. The molecule has 0 unspecified atom stereocenters. The number of sulfonamides is 1. The third-order valence-corrected chi connectivity index (χ3v) is 7.55. The van der Waals surface area contributed by atoms with Gasteiger partial charge in [-0.1, -0.05) is 0 Å². The molecule has 13 heteroatoms. The van der Waals surface area contributed by atoms with Gasteiger partial charge in [-0.05, 0) is 6.08 Å². The number of nitrogens with zero attached hydrogens (tertiary/aromatic N) is 4. The van der Waals surface area contributed by atoms with E-state index in [0.29, 0.717) is 34.1 Å². The average Bonchev–Trinajstić information content (AvgIpc) is 3.11. The highest BCUT2D eigenvalue weighted by Gasteiger charge is 2.22. The van der Waals surface area contributed by atoms with Crippen LogP contribution in [0.4, 0.5) is 11.4 Å². The van der Waals surface area contributed by atoms with Crippen molar-refractivity contribution in [3.63, 3.8) is 0 Å². The fraction of sp³-hybridized carbons (Fsp3) is 0.364. The molecule has 1 N–H and O–H groups in total. The molecule has 1 aliphatic rings. The number of rotatable bonds is 8. The van der Waals surface area contributed by atoms with Crippen LogP contribution in [0.5, 0.6) is 17.2 Å². The number of ether oxygens (including phenoxy) is 3. The molecule has 0 spiro atoms. The maximum absolute atomic E-state index is 12.9. The summed E-state index contributed by atoms with van der Waals surface area (Å²) in [5, 5.41) is 1.01. The summed E-state index contributed by atoms with van der Waals surface area (Å²) in [4.78, 5) is 19.3. The number of aryl methyl sites for hydroxylation is 1. The Bertz CT molecular complexity index is 1400. The molecular formula is C22H27N5O6S2. The van der Waals surface area contributed by atoms with Crippen LogP contribution >= 0.6 is 11.8 Å². The van der Waals surface area contributed by atoms with E-state index in [1.54, 1.807) is 23.7 Å². The number of nitrogens with one attached hydrogen (secondary N) is 1. The molecule has 0 saturated carbocycles. The lowest BCUT2D eigenvalue weighted by molar-refractivity contribution is 0.374. The molecule has 2 aromatic heterocycles. The van der Waals surface area contributed by atoms with E-state index in [0.717, 1.165) is 30.0 Å². The first-order valence-corrected chi connectivity index (χ1v) is 13.4. The van der Waals surface area contributed by atoms with E-state index in [1.807, 2.05) is 16.7 Å². The van der Waals surface area contributed by atoms with E-state index < -0.39 is 10.0 Å². The SMILES string of the molecule is COc1cc(OC)c(/C=C/S(=O)(=O)Nc2cnc3c(N4CCSCC4)c(=O)n(C)n3c2)c(OC)c1. The highest BCUT2D eigenvalue weighted by Crippen LogP contribution is 2.35. The molecule has 4 rings (SSSR count). The van der Waals surface area contributed by atoms with Crippen LogP contribution in [-0.4, -0.2) is 68.5 Å². The Labute approximate surface area is 207 Å². The molecule has 0 radical (unpaired) electrons. The third kappa shape index (κ3) is 5.05. The van der Waals surface area contributed by atoms with Gasteiger partial charge in [0.05, 0.1) is 50.4 Å². The Morgan fingerprint density at radius 1 is 1.09 bits per heavy atom. The van der Waals surface area contributed by atoms with Crippen LogP contribution in [0.3, 0.4) is 0 Å². The first-order chi connectivity index (χ1) is 16.8. The second kappa shape index (κ2) is 10.1. The number of anilines is 2. The summed E-state index contributed by atoms with van der Waals surface area (Å²) in [5.41, 5.74) is 1.48. The van der Waals surface area contributed by atoms with Crippen LogP contribution in [-0.2, 0) is 17.1 Å². The standard InChI is InChI=1S/C22H27N5O6S2/c1-25-22(28)20(26-6-8-34-9-7-26)21-23-13-15(14-27(21)25)24-35(29,30)10-5-17-18(32-3)11-16(31-2)12-19(17)33-4/h5,10-14,24H,6-9H2,1-4H3/b10-5+. The van der Waals surface area contributed by atoms with Gasteiger partial charge in [0.15, 0.2) is 5.65 Å². The van der Waals surface area contributed by atoms with Crippen molar-refractivity contribution in [1.82, 2.24) is 14.2 Å². The first-order valence-electron chi connectivity index (χ1n) is 10.7. The molecule has 0 amide bonds. The van der Waals surface area contributed by atoms with Crippen LogP contribution in [0.15, 0.2) is 34.7 Å². The molecule has 1 aliphatic heterocycles. The van der Waals surface area contributed by atoms with Gasteiger partial charge < -0.3 is 19.1 Å². The van der Waals surface area contributed by atoms with E-state index in [-0.39, 0.29) is 11.2 Å². The number of fused-ring (bicyclic) bond motifs is 1. The van der Waals surface area contributed by atoms with Gasteiger partial charge >= 0.3 is 0 Å². The largest absolute Gasteiger partial charge is 0.496 e. The molecule has 11 nitrogen and oxygen atoms in total. The van der Waals surface area contributed by atoms with Crippen molar-refractivity contribution in [2.24, 2.45) is 7.05 Å². The molecule has 1 fully saturated rings. The lowest BCUT2D eigenvalue weighted by Crippen LogP contribution is -2.35. The summed E-state index contributed by atoms with van der Waals surface area (Å²) in [6.07, 6.45) is 4.31. The van der Waals surface area contributed by atoms with Crippen LogP contribution in [0.25, 0.3) is 11.7 Å². The minimum atomic E-state index is -3.93. The average molecular weight is 522 g/mol. The van der Waals surface area contributed by atoms with Gasteiger partial charge in [0.25, 0.3) is 15.6 Å². The zero-order chi connectivity index (χ0) is 25.2. The third-order valence-electron chi connectivity index (χ3n) is 5.59. The van der Waals surface area contributed by atoms with Crippen molar-refractivity contribution in [2.75, 3.05) is 55.5 Å². The van der Waals surface area contributed by atoms with Crippen molar-refractivity contribution in [3.8, 4) is 17.2 Å². The van der Waals surface area contributed by atoms with Crippen molar-refractivity contribution in [2.45, 2.75) is 0 Å². The lowest BCUT2D eigenvalue weighted by Gasteiger charge is -2.26. The fourth-order valence-electron chi connectivity index (χ4n) is 3.83. The smallest absolute Gasteiger partial charge is 0.292 e. The second-order valence-electron chi connectivity index (χ2n) is 7.68. The number of hydrogen-bond acceptors (Lipinski definition) is 9. The summed E-state index contributed by atoms with van der Waals surface area (Å²) < 4.78 is 47.0. The van der Waals surface area contributed by atoms with Gasteiger partial charge in [0, 0.05) is 43.8 Å². The summed E-state index contributed by atoms with van der Waals surface area (Å²) in [5.74, 6) is 3.17. The molecule has 0 atom stereocenters. The molecule has 188 valence electrons. The zero-order valence-electron chi connectivity index (χ0n) is 19.8. The Kier molecular flexibility index (Phi) is 7.17. The topological polar surface area (TPSA) is 116 Å². The summed E-state index contributed by atoms with van der Waals surface area (Å²) in [6, 6.07) is 3.26. The number of thioether (sulfide) groups is 1. The van der Waals surface area contributed by atoms with Gasteiger partial charge in [-0.15, -0.1) is 0 Å². The minimum absolute atomic E-state index is 0.178.